The lowest BCUT2D eigenvalue weighted by Crippen LogP contribution is -2.10. The maximum Gasteiger partial charge on any atom is 0.0909 e. The van der Waals surface area contributed by atoms with E-state index in [4.69, 9.17) is 4.98 Å². The van der Waals surface area contributed by atoms with Crippen LogP contribution in [0.25, 0.3) is 51.6 Å². The van der Waals surface area contributed by atoms with Crippen LogP contribution in [0.2, 0.25) is 0 Å². The van der Waals surface area contributed by atoms with Gasteiger partial charge in [-0.25, -0.2) is 0 Å². The Bertz CT molecular complexity index is 2120. The SMILES string of the molecule is c1ccc(-c2ccc(N(c3ccc4sc5ccccc5c4c3)c3ccnc4c3sc3ccccc34)cc2)cc1. The maximum absolute atomic E-state index is 4.82. The predicted molar refractivity (Wildman–Crippen MR) is 170 cm³/mol. The van der Waals surface area contributed by atoms with Crippen LogP contribution >= 0.6 is 22.7 Å². The Morgan fingerprint density at radius 3 is 1.95 bits per heavy atom. The minimum atomic E-state index is 1.06. The smallest absolute Gasteiger partial charge is 0.0909 e. The predicted octanol–water partition coefficient (Wildman–Crippen LogP) is 11.0. The lowest BCUT2D eigenvalue weighted by molar-refractivity contribution is 1.29. The van der Waals surface area contributed by atoms with E-state index >= 15 is 0 Å². The van der Waals surface area contributed by atoms with Crippen molar-refractivity contribution in [2.75, 3.05) is 4.90 Å². The van der Waals surface area contributed by atoms with Gasteiger partial charge in [-0.3, -0.25) is 4.98 Å². The van der Waals surface area contributed by atoms with E-state index in [0.717, 1.165) is 22.6 Å². The molecule has 0 N–H and O–H groups in total. The number of nitrogens with zero attached hydrogens (tertiary/aromatic N) is 2. The lowest BCUT2D eigenvalue weighted by Gasteiger charge is -2.26. The average Bonchev–Trinajstić information content (AvgIpc) is 3.57. The van der Waals surface area contributed by atoms with Crippen molar-refractivity contribution in [2.45, 2.75) is 0 Å². The second-order valence-electron chi connectivity index (χ2n) is 9.63. The highest BCUT2D eigenvalue weighted by atomic mass is 32.1. The summed E-state index contributed by atoms with van der Waals surface area (Å²) in [5, 5.41) is 3.80. The molecule has 0 spiro atoms. The number of rotatable bonds is 4. The summed E-state index contributed by atoms with van der Waals surface area (Å²) in [5.74, 6) is 0. The fourth-order valence-electron chi connectivity index (χ4n) is 5.48. The van der Waals surface area contributed by atoms with Gasteiger partial charge < -0.3 is 4.90 Å². The lowest BCUT2D eigenvalue weighted by atomic mass is 10.0. The van der Waals surface area contributed by atoms with Crippen LogP contribution in [-0.2, 0) is 0 Å². The molecule has 8 aromatic rings. The van der Waals surface area contributed by atoms with E-state index in [1.807, 2.05) is 28.9 Å². The van der Waals surface area contributed by atoms with Crippen LogP contribution in [-0.4, -0.2) is 4.98 Å². The molecule has 0 aliphatic rings. The zero-order chi connectivity index (χ0) is 25.8. The van der Waals surface area contributed by atoms with Gasteiger partial charge in [0.15, 0.2) is 0 Å². The standard InChI is InChI=1S/C35H22N2S2/c1-2-8-23(9-3-1)24-14-16-25(17-15-24)37(26-18-19-33-29(22-26)27-10-4-6-12-31(27)38-33)30-20-21-36-34-28-11-5-7-13-32(28)39-35(30)34/h1-22H. The summed E-state index contributed by atoms with van der Waals surface area (Å²) in [7, 11) is 0. The molecule has 3 heterocycles. The molecular weight excluding hydrogens is 513 g/mol. The van der Waals surface area contributed by atoms with Crippen molar-refractivity contribution in [1.29, 1.82) is 0 Å². The minimum absolute atomic E-state index is 1.06. The summed E-state index contributed by atoms with van der Waals surface area (Å²) in [5.41, 5.74) is 6.90. The Kier molecular flexibility index (Phi) is 5.22. The molecule has 5 aromatic carbocycles. The van der Waals surface area contributed by atoms with Crippen LogP contribution in [0.3, 0.4) is 0 Å². The first-order chi connectivity index (χ1) is 19.3. The van der Waals surface area contributed by atoms with Gasteiger partial charge >= 0.3 is 0 Å². The molecule has 0 saturated heterocycles. The van der Waals surface area contributed by atoms with Crippen LogP contribution in [0.4, 0.5) is 17.1 Å². The van der Waals surface area contributed by atoms with Crippen molar-refractivity contribution in [3.63, 3.8) is 0 Å². The topological polar surface area (TPSA) is 16.1 Å². The molecule has 3 aromatic heterocycles. The number of pyridine rings is 1. The molecule has 0 fully saturated rings. The Morgan fingerprint density at radius 2 is 1.13 bits per heavy atom. The van der Waals surface area contributed by atoms with Crippen molar-refractivity contribution >= 4 is 80.2 Å². The molecule has 0 amide bonds. The highest BCUT2D eigenvalue weighted by molar-refractivity contribution is 7.26. The summed E-state index contributed by atoms with van der Waals surface area (Å²) in [4.78, 5) is 7.21. The molecule has 0 aliphatic heterocycles. The highest BCUT2D eigenvalue weighted by Gasteiger charge is 2.19. The number of fused-ring (bicyclic) bond motifs is 6. The number of thiophene rings is 2. The van der Waals surface area contributed by atoms with Gasteiger partial charge in [-0.1, -0.05) is 78.9 Å². The number of hydrogen-bond donors (Lipinski definition) is 0. The third-order valence-corrected chi connectivity index (χ3v) is 9.66. The summed E-state index contributed by atoms with van der Waals surface area (Å²) >= 11 is 3.66. The fourth-order valence-corrected chi connectivity index (χ4v) is 7.73. The molecule has 0 bridgehead atoms. The molecular formula is C35H22N2S2. The zero-order valence-corrected chi connectivity index (χ0v) is 22.5. The van der Waals surface area contributed by atoms with Crippen LogP contribution in [0.1, 0.15) is 0 Å². The minimum Gasteiger partial charge on any atom is -0.309 e. The van der Waals surface area contributed by atoms with Crippen LogP contribution in [0.5, 0.6) is 0 Å². The Balaban J connectivity index is 1.37. The molecule has 0 saturated carbocycles. The largest absolute Gasteiger partial charge is 0.309 e. The maximum atomic E-state index is 4.82. The van der Waals surface area contributed by atoms with Gasteiger partial charge in [0.05, 0.1) is 15.9 Å². The molecule has 4 heteroatoms. The third kappa shape index (κ3) is 3.72. The Morgan fingerprint density at radius 1 is 0.487 bits per heavy atom. The first-order valence-corrected chi connectivity index (χ1v) is 14.6. The molecule has 184 valence electrons. The first-order valence-electron chi connectivity index (χ1n) is 13.0. The first kappa shape index (κ1) is 22.5. The van der Waals surface area contributed by atoms with Crippen LogP contribution < -0.4 is 4.90 Å². The Labute approximate surface area is 234 Å². The van der Waals surface area contributed by atoms with E-state index in [0.29, 0.717) is 0 Å². The van der Waals surface area contributed by atoms with E-state index in [2.05, 4.69) is 132 Å². The van der Waals surface area contributed by atoms with E-state index in [1.165, 1.54) is 46.1 Å². The number of aromatic nitrogens is 1. The van der Waals surface area contributed by atoms with Gasteiger partial charge in [-0.2, -0.15) is 0 Å². The quantitative estimate of drug-likeness (QED) is 0.223. The van der Waals surface area contributed by atoms with Crippen molar-refractivity contribution in [3.8, 4) is 11.1 Å². The number of anilines is 3. The summed E-state index contributed by atoms with van der Waals surface area (Å²) in [6, 6.07) is 45.7. The number of benzene rings is 5. The normalized spacial score (nSPS) is 11.6. The molecule has 0 aliphatic carbocycles. The van der Waals surface area contributed by atoms with Crippen molar-refractivity contribution < 1.29 is 0 Å². The van der Waals surface area contributed by atoms with Crippen molar-refractivity contribution in [2.24, 2.45) is 0 Å². The van der Waals surface area contributed by atoms with Crippen LogP contribution in [0.15, 0.2) is 134 Å². The molecule has 2 nitrogen and oxygen atoms in total. The van der Waals surface area contributed by atoms with E-state index in [-0.39, 0.29) is 0 Å². The van der Waals surface area contributed by atoms with Crippen molar-refractivity contribution in [1.82, 2.24) is 4.98 Å². The summed E-state index contributed by atoms with van der Waals surface area (Å²) in [6.45, 7) is 0. The fraction of sp³-hybridized carbons (Fsp3) is 0. The van der Waals surface area contributed by atoms with Gasteiger partial charge in [0, 0.05) is 47.8 Å². The van der Waals surface area contributed by atoms with Gasteiger partial charge in [-0.15, -0.1) is 22.7 Å². The summed E-state index contributed by atoms with van der Waals surface area (Å²) in [6.07, 6.45) is 1.95. The van der Waals surface area contributed by atoms with E-state index in [9.17, 15) is 0 Å². The molecule has 0 unspecified atom stereocenters. The van der Waals surface area contributed by atoms with Crippen LogP contribution in [0, 0.1) is 0 Å². The van der Waals surface area contributed by atoms with Gasteiger partial charge in [0.1, 0.15) is 0 Å². The van der Waals surface area contributed by atoms with Gasteiger partial charge in [-0.05, 0) is 59.7 Å². The van der Waals surface area contributed by atoms with E-state index < -0.39 is 0 Å². The van der Waals surface area contributed by atoms with E-state index in [1.54, 1.807) is 0 Å². The molecule has 0 atom stereocenters. The van der Waals surface area contributed by atoms with Gasteiger partial charge in [0.2, 0.25) is 0 Å². The van der Waals surface area contributed by atoms with Crippen molar-refractivity contribution in [3.05, 3.63) is 134 Å². The molecule has 39 heavy (non-hydrogen) atoms. The second-order valence-corrected chi connectivity index (χ2v) is 11.8. The second kappa shape index (κ2) is 9.05. The molecule has 8 rings (SSSR count). The highest BCUT2D eigenvalue weighted by Crippen LogP contribution is 2.45. The monoisotopic (exact) mass is 534 g/mol. The molecule has 0 radical (unpaired) electrons. The summed E-state index contributed by atoms with van der Waals surface area (Å²) < 4.78 is 5.08. The zero-order valence-electron chi connectivity index (χ0n) is 20.9. The number of hydrogen-bond acceptors (Lipinski definition) is 4. The average molecular weight is 535 g/mol. The third-order valence-electron chi connectivity index (χ3n) is 7.33. The van der Waals surface area contributed by atoms with Gasteiger partial charge in [0.25, 0.3) is 0 Å². The Hall–Kier alpha value is -4.51.